The molecule has 0 unspecified atom stereocenters. The lowest BCUT2D eigenvalue weighted by atomic mass is 10.1. The average molecular weight is 404 g/mol. The number of carbonyl (C=O) groups excluding carboxylic acids is 2. The van der Waals surface area contributed by atoms with Crippen molar-refractivity contribution in [2.75, 3.05) is 6.54 Å². The summed E-state index contributed by atoms with van der Waals surface area (Å²) in [5.74, 6) is -5.50. The summed E-state index contributed by atoms with van der Waals surface area (Å²) < 4.78 is 0. The lowest BCUT2D eigenvalue weighted by Gasteiger charge is -2.22. The van der Waals surface area contributed by atoms with E-state index in [0.29, 0.717) is 25.8 Å². The first kappa shape index (κ1) is 25.3. The van der Waals surface area contributed by atoms with E-state index < -0.39 is 60.7 Å². The van der Waals surface area contributed by atoms with Gasteiger partial charge in [0.25, 0.3) is 0 Å². The number of hydrogen-bond donors (Lipinski definition) is 7. The zero-order valence-electron chi connectivity index (χ0n) is 15.4. The topological polar surface area (TPSA) is 222 Å². The van der Waals surface area contributed by atoms with Gasteiger partial charge in [0.05, 0.1) is 6.04 Å². The fourth-order valence-corrected chi connectivity index (χ4v) is 2.25. The highest BCUT2D eigenvalue weighted by molar-refractivity contribution is 5.92. The first-order chi connectivity index (χ1) is 13.1. The van der Waals surface area contributed by atoms with Gasteiger partial charge in [0.2, 0.25) is 11.8 Å². The first-order valence-electron chi connectivity index (χ1n) is 8.81. The summed E-state index contributed by atoms with van der Waals surface area (Å²) in [6.07, 6.45) is -0.0286. The van der Waals surface area contributed by atoms with Crippen molar-refractivity contribution >= 4 is 29.7 Å². The summed E-state index contributed by atoms with van der Waals surface area (Å²) in [5, 5.41) is 31.0. The van der Waals surface area contributed by atoms with E-state index in [0.717, 1.165) is 0 Å². The Morgan fingerprint density at radius 3 is 1.71 bits per heavy atom. The van der Waals surface area contributed by atoms with Gasteiger partial charge >= 0.3 is 17.9 Å². The van der Waals surface area contributed by atoms with E-state index in [1.54, 1.807) is 0 Å². The van der Waals surface area contributed by atoms with Crippen molar-refractivity contribution in [2.45, 2.75) is 63.1 Å². The maximum absolute atomic E-state index is 12.3. The molecule has 0 aliphatic rings. The van der Waals surface area contributed by atoms with Crippen LogP contribution in [0.15, 0.2) is 0 Å². The SMILES string of the molecule is NCCCC[C@H](N)C(=O)N[C@@H](CCC(=O)O)C(=O)N[C@@H](CCC(=O)O)C(=O)O. The van der Waals surface area contributed by atoms with Gasteiger partial charge < -0.3 is 37.4 Å². The minimum Gasteiger partial charge on any atom is -0.481 e. The molecular weight excluding hydrogens is 376 g/mol. The lowest BCUT2D eigenvalue weighted by Crippen LogP contribution is -2.54. The molecular formula is C16H28N4O8. The summed E-state index contributed by atoms with van der Waals surface area (Å²) in [4.78, 5) is 57.1. The number of carboxylic acid groups (broad SMARTS) is 3. The Labute approximate surface area is 161 Å². The van der Waals surface area contributed by atoms with Gasteiger partial charge in [0.15, 0.2) is 0 Å². The van der Waals surface area contributed by atoms with Crippen LogP contribution in [0, 0.1) is 0 Å². The molecule has 0 aromatic heterocycles. The second kappa shape index (κ2) is 13.4. The van der Waals surface area contributed by atoms with Crippen LogP contribution in [-0.4, -0.2) is 69.7 Å². The summed E-state index contributed by atoms with van der Waals surface area (Å²) in [6.45, 7) is 0.435. The van der Waals surface area contributed by atoms with Crippen molar-refractivity contribution in [2.24, 2.45) is 11.5 Å². The van der Waals surface area contributed by atoms with Crippen LogP contribution >= 0.6 is 0 Å². The van der Waals surface area contributed by atoms with Gasteiger partial charge in [-0.05, 0) is 32.2 Å². The normalized spacial score (nSPS) is 13.8. The summed E-state index contributed by atoms with van der Waals surface area (Å²) >= 11 is 0. The highest BCUT2D eigenvalue weighted by atomic mass is 16.4. The highest BCUT2D eigenvalue weighted by Crippen LogP contribution is 2.05. The molecule has 12 heteroatoms. The van der Waals surface area contributed by atoms with Crippen LogP contribution < -0.4 is 22.1 Å². The average Bonchev–Trinajstić information content (AvgIpc) is 2.61. The number of nitrogens with two attached hydrogens (primary N) is 2. The quantitative estimate of drug-likeness (QED) is 0.152. The van der Waals surface area contributed by atoms with Crippen LogP contribution in [-0.2, 0) is 24.0 Å². The van der Waals surface area contributed by atoms with Crippen molar-refractivity contribution in [3.05, 3.63) is 0 Å². The van der Waals surface area contributed by atoms with Gasteiger partial charge in [-0.1, -0.05) is 6.42 Å². The number of nitrogens with one attached hydrogen (secondary N) is 2. The third-order valence-electron chi connectivity index (χ3n) is 3.85. The van der Waals surface area contributed by atoms with E-state index in [2.05, 4.69) is 10.6 Å². The fraction of sp³-hybridized carbons (Fsp3) is 0.688. The molecule has 0 fully saturated rings. The van der Waals surface area contributed by atoms with Crippen molar-refractivity contribution in [3.8, 4) is 0 Å². The van der Waals surface area contributed by atoms with Crippen molar-refractivity contribution in [1.82, 2.24) is 10.6 Å². The summed E-state index contributed by atoms with van der Waals surface area (Å²) in [7, 11) is 0. The van der Waals surface area contributed by atoms with E-state index in [4.69, 9.17) is 26.8 Å². The smallest absolute Gasteiger partial charge is 0.326 e. The number of carboxylic acids is 3. The Balaban J connectivity index is 5.01. The molecule has 0 saturated carbocycles. The second-order valence-corrected chi connectivity index (χ2v) is 6.22. The monoisotopic (exact) mass is 404 g/mol. The van der Waals surface area contributed by atoms with Gasteiger partial charge in [0, 0.05) is 12.8 Å². The van der Waals surface area contributed by atoms with Gasteiger partial charge in [-0.25, -0.2) is 4.79 Å². The minimum atomic E-state index is -1.49. The molecule has 3 atom stereocenters. The maximum Gasteiger partial charge on any atom is 0.326 e. The largest absolute Gasteiger partial charge is 0.481 e. The summed E-state index contributed by atoms with van der Waals surface area (Å²) in [5.41, 5.74) is 11.1. The Morgan fingerprint density at radius 1 is 0.750 bits per heavy atom. The Hall–Kier alpha value is -2.73. The Bertz CT molecular complexity index is 569. The number of unbranched alkanes of at least 4 members (excludes halogenated alkanes) is 1. The van der Waals surface area contributed by atoms with Crippen LogP contribution in [0.25, 0.3) is 0 Å². The standard InChI is InChI=1S/C16H28N4O8/c17-8-2-1-3-9(18)14(25)19-10(4-6-12(21)22)15(26)20-11(16(27)28)5-7-13(23)24/h9-11H,1-8,17-18H2,(H,19,25)(H,20,26)(H,21,22)(H,23,24)(H,27,28)/t9-,10-,11-/m0/s1. The third kappa shape index (κ3) is 11.1. The second-order valence-electron chi connectivity index (χ2n) is 6.22. The third-order valence-corrected chi connectivity index (χ3v) is 3.85. The molecule has 160 valence electrons. The maximum atomic E-state index is 12.3. The Kier molecular flexibility index (Phi) is 12.1. The molecule has 0 aliphatic carbocycles. The van der Waals surface area contributed by atoms with Crippen molar-refractivity contribution in [3.63, 3.8) is 0 Å². The molecule has 0 aliphatic heterocycles. The van der Waals surface area contributed by atoms with E-state index in [1.165, 1.54) is 0 Å². The molecule has 0 saturated heterocycles. The first-order valence-corrected chi connectivity index (χ1v) is 8.81. The molecule has 0 bridgehead atoms. The predicted octanol–water partition coefficient (Wildman–Crippen LogP) is -1.77. The molecule has 12 nitrogen and oxygen atoms in total. The van der Waals surface area contributed by atoms with Gasteiger partial charge in [-0.15, -0.1) is 0 Å². The number of amides is 2. The number of rotatable bonds is 15. The van der Waals surface area contributed by atoms with E-state index in [-0.39, 0.29) is 12.8 Å². The lowest BCUT2D eigenvalue weighted by molar-refractivity contribution is -0.144. The van der Waals surface area contributed by atoms with E-state index >= 15 is 0 Å². The number of hydrogen-bond acceptors (Lipinski definition) is 7. The fourth-order valence-electron chi connectivity index (χ4n) is 2.25. The van der Waals surface area contributed by atoms with Crippen LogP contribution in [0.1, 0.15) is 44.9 Å². The molecule has 0 rings (SSSR count). The zero-order chi connectivity index (χ0) is 21.7. The predicted molar refractivity (Wildman–Crippen MR) is 96.1 cm³/mol. The summed E-state index contributed by atoms with van der Waals surface area (Å²) in [6, 6.07) is -3.75. The number of aliphatic carboxylic acids is 3. The van der Waals surface area contributed by atoms with Gasteiger partial charge in [-0.3, -0.25) is 19.2 Å². The highest BCUT2D eigenvalue weighted by Gasteiger charge is 2.28. The number of carbonyl (C=O) groups is 5. The van der Waals surface area contributed by atoms with Crippen molar-refractivity contribution in [1.29, 1.82) is 0 Å². The van der Waals surface area contributed by atoms with Gasteiger partial charge in [-0.2, -0.15) is 0 Å². The van der Waals surface area contributed by atoms with Crippen LogP contribution in [0.5, 0.6) is 0 Å². The molecule has 28 heavy (non-hydrogen) atoms. The molecule has 0 aromatic rings. The van der Waals surface area contributed by atoms with Crippen LogP contribution in [0.2, 0.25) is 0 Å². The van der Waals surface area contributed by atoms with Gasteiger partial charge in [0.1, 0.15) is 12.1 Å². The van der Waals surface area contributed by atoms with Crippen molar-refractivity contribution < 1.29 is 39.3 Å². The molecule has 0 spiro atoms. The molecule has 0 heterocycles. The van der Waals surface area contributed by atoms with Crippen LogP contribution in [0.4, 0.5) is 0 Å². The van der Waals surface area contributed by atoms with E-state index in [9.17, 15) is 24.0 Å². The zero-order valence-corrected chi connectivity index (χ0v) is 15.4. The molecule has 9 N–H and O–H groups in total. The van der Waals surface area contributed by atoms with E-state index in [1.807, 2.05) is 0 Å². The molecule has 0 radical (unpaired) electrons. The Morgan fingerprint density at radius 2 is 1.25 bits per heavy atom. The minimum absolute atomic E-state index is 0.284. The molecule has 2 amide bonds. The van der Waals surface area contributed by atoms with Crippen LogP contribution in [0.3, 0.4) is 0 Å². The molecule has 0 aromatic carbocycles.